The van der Waals surface area contributed by atoms with Gasteiger partial charge < -0.3 is 5.73 Å². The van der Waals surface area contributed by atoms with Crippen molar-refractivity contribution in [1.29, 1.82) is 0 Å². The molecular formula is C16H15IN4. The molecular weight excluding hydrogens is 375 g/mol. The maximum Gasteiger partial charge on any atom is 0.164 e. The Bertz CT molecular complexity index is 796. The molecule has 2 heterocycles. The minimum Gasteiger partial charge on any atom is -0.383 e. The number of anilines is 1. The third-order valence-electron chi connectivity index (χ3n) is 3.31. The highest BCUT2D eigenvalue weighted by Crippen LogP contribution is 2.27. The summed E-state index contributed by atoms with van der Waals surface area (Å²) in [5, 5.41) is 1.08. The summed E-state index contributed by atoms with van der Waals surface area (Å²) in [4.78, 5) is 13.6. The first kappa shape index (κ1) is 14.2. The van der Waals surface area contributed by atoms with Crippen LogP contribution in [0, 0.1) is 3.57 Å². The number of hydrogen-bond acceptors (Lipinski definition) is 4. The summed E-state index contributed by atoms with van der Waals surface area (Å²) >= 11 is 2.22. The van der Waals surface area contributed by atoms with Crippen LogP contribution < -0.4 is 5.73 Å². The van der Waals surface area contributed by atoms with E-state index in [0.29, 0.717) is 11.6 Å². The molecule has 0 aliphatic rings. The monoisotopic (exact) mass is 390 g/mol. The standard InChI is InChI=1S/C16H15IN4/c1-2-5-12-13(17)15(18)21-16(20-12)11-8-3-6-10-7-4-9-19-14(10)11/h3-4,6-9H,2,5H2,1H3,(H2,18,20,21). The molecule has 0 amide bonds. The lowest BCUT2D eigenvalue weighted by atomic mass is 10.1. The summed E-state index contributed by atoms with van der Waals surface area (Å²) in [6.07, 6.45) is 3.71. The molecule has 21 heavy (non-hydrogen) atoms. The summed E-state index contributed by atoms with van der Waals surface area (Å²) in [5.74, 6) is 1.19. The lowest BCUT2D eigenvalue weighted by Gasteiger charge is -2.10. The lowest BCUT2D eigenvalue weighted by Crippen LogP contribution is -2.05. The number of fused-ring (bicyclic) bond motifs is 1. The molecule has 0 spiro atoms. The molecule has 2 N–H and O–H groups in total. The van der Waals surface area contributed by atoms with E-state index in [1.165, 1.54) is 0 Å². The van der Waals surface area contributed by atoms with Crippen LogP contribution in [-0.2, 0) is 6.42 Å². The number of halogens is 1. The number of nitrogen functional groups attached to an aromatic ring is 1. The van der Waals surface area contributed by atoms with E-state index in [2.05, 4.69) is 39.5 Å². The molecule has 0 aliphatic carbocycles. The van der Waals surface area contributed by atoms with E-state index in [1.807, 2.05) is 30.3 Å². The average Bonchev–Trinajstić information content (AvgIpc) is 2.51. The lowest BCUT2D eigenvalue weighted by molar-refractivity contribution is 0.869. The molecule has 0 radical (unpaired) electrons. The zero-order valence-corrected chi connectivity index (χ0v) is 13.8. The van der Waals surface area contributed by atoms with Crippen molar-refractivity contribution in [3.8, 4) is 11.4 Å². The third-order valence-corrected chi connectivity index (χ3v) is 4.48. The highest BCUT2D eigenvalue weighted by Gasteiger charge is 2.13. The Balaban J connectivity index is 2.23. The molecule has 0 fully saturated rings. The van der Waals surface area contributed by atoms with Gasteiger partial charge in [-0.3, -0.25) is 4.98 Å². The van der Waals surface area contributed by atoms with Crippen LogP contribution in [0.15, 0.2) is 36.5 Å². The fourth-order valence-electron chi connectivity index (χ4n) is 2.32. The van der Waals surface area contributed by atoms with Crippen molar-refractivity contribution in [1.82, 2.24) is 15.0 Å². The van der Waals surface area contributed by atoms with Gasteiger partial charge in [0.25, 0.3) is 0 Å². The maximum absolute atomic E-state index is 6.05. The number of aromatic nitrogens is 3. The van der Waals surface area contributed by atoms with Gasteiger partial charge in [0, 0.05) is 17.1 Å². The molecule has 2 aromatic heterocycles. The molecule has 106 valence electrons. The highest BCUT2D eigenvalue weighted by atomic mass is 127. The quantitative estimate of drug-likeness (QED) is 0.691. The fourth-order valence-corrected chi connectivity index (χ4v) is 2.83. The summed E-state index contributed by atoms with van der Waals surface area (Å²) < 4.78 is 0.950. The van der Waals surface area contributed by atoms with Crippen molar-refractivity contribution >= 4 is 39.3 Å². The normalized spacial score (nSPS) is 11.0. The Morgan fingerprint density at radius 1 is 1.14 bits per heavy atom. The van der Waals surface area contributed by atoms with Crippen molar-refractivity contribution in [2.24, 2.45) is 0 Å². The molecule has 0 saturated carbocycles. The van der Waals surface area contributed by atoms with Gasteiger partial charge in [0.1, 0.15) is 5.82 Å². The molecule has 0 atom stereocenters. The van der Waals surface area contributed by atoms with Crippen LogP contribution in [0.2, 0.25) is 0 Å². The Morgan fingerprint density at radius 3 is 2.76 bits per heavy atom. The van der Waals surface area contributed by atoms with E-state index in [1.54, 1.807) is 6.20 Å². The van der Waals surface area contributed by atoms with Gasteiger partial charge in [-0.25, -0.2) is 9.97 Å². The number of rotatable bonds is 3. The average molecular weight is 390 g/mol. The summed E-state index contributed by atoms with van der Waals surface area (Å²) in [7, 11) is 0. The van der Waals surface area contributed by atoms with Crippen molar-refractivity contribution in [3.63, 3.8) is 0 Å². The number of pyridine rings is 1. The van der Waals surface area contributed by atoms with Gasteiger partial charge >= 0.3 is 0 Å². The van der Waals surface area contributed by atoms with Crippen LogP contribution in [0.3, 0.4) is 0 Å². The molecule has 4 nitrogen and oxygen atoms in total. The van der Waals surface area contributed by atoms with Gasteiger partial charge in [-0.05, 0) is 41.1 Å². The Hall–Kier alpha value is -1.76. The zero-order chi connectivity index (χ0) is 14.8. The van der Waals surface area contributed by atoms with Crippen LogP contribution in [0.5, 0.6) is 0 Å². The first-order valence-electron chi connectivity index (χ1n) is 6.86. The Morgan fingerprint density at radius 2 is 1.95 bits per heavy atom. The van der Waals surface area contributed by atoms with Crippen LogP contribution in [0.1, 0.15) is 19.0 Å². The Kier molecular flexibility index (Phi) is 4.01. The number of hydrogen-bond donors (Lipinski definition) is 1. The SMILES string of the molecule is CCCc1nc(-c2cccc3cccnc23)nc(N)c1I. The molecule has 0 aliphatic heterocycles. The van der Waals surface area contributed by atoms with Crippen molar-refractivity contribution in [2.45, 2.75) is 19.8 Å². The van der Waals surface area contributed by atoms with Crippen LogP contribution in [0.4, 0.5) is 5.82 Å². The predicted octanol–water partition coefficient (Wildman–Crippen LogP) is 3.83. The number of aryl methyl sites for hydroxylation is 1. The van der Waals surface area contributed by atoms with Crippen molar-refractivity contribution in [3.05, 3.63) is 45.8 Å². The second-order valence-corrected chi connectivity index (χ2v) is 5.90. The van der Waals surface area contributed by atoms with Crippen LogP contribution in [-0.4, -0.2) is 15.0 Å². The topological polar surface area (TPSA) is 64.7 Å². The van der Waals surface area contributed by atoms with Crippen molar-refractivity contribution < 1.29 is 0 Å². The number of para-hydroxylation sites is 1. The summed E-state index contributed by atoms with van der Waals surface area (Å²) in [6.45, 7) is 2.13. The van der Waals surface area contributed by atoms with Gasteiger partial charge in [-0.1, -0.05) is 31.5 Å². The van der Waals surface area contributed by atoms with Gasteiger partial charge in [0.15, 0.2) is 5.82 Å². The smallest absolute Gasteiger partial charge is 0.164 e. The number of nitrogens with zero attached hydrogens (tertiary/aromatic N) is 3. The van der Waals surface area contributed by atoms with Gasteiger partial charge in [-0.2, -0.15) is 0 Å². The number of nitrogens with two attached hydrogens (primary N) is 1. The highest BCUT2D eigenvalue weighted by molar-refractivity contribution is 14.1. The predicted molar refractivity (Wildman–Crippen MR) is 93.9 cm³/mol. The summed E-state index contributed by atoms with van der Waals surface area (Å²) in [6, 6.07) is 9.99. The molecule has 1 aromatic carbocycles. The first-order valence-corrected chi connectivity index (χ1v) is 7.94. The third kappa shape index (κ3) is 2.70. The van der Waals surface area contributed by atoms with E-state index >= 15 is 0 Å². The number of benzene rings is 1. The molecule has 0 unspecified atom stereocenters. The minimum absolute atomic E-state index is 0.539. The van der Waals surface area contributed by atoms with E-state index in [0.717, 1.165) is 38.6 Å². The van der Waals surface area contributed by atoms with Crippen LogP contribution >= 0.6 is 22.6 Å². The Labute approximate surface area is 137 Å². The fraction of sp³-hybridized carbons (Fsp3) is 0.188. The minimum atomic E-state index is 0.539. The van der Waals surface area contributed by atoms with Gasteiger partial charge in [0.2, 0.25) is 0 Å². The molecule has 3 aromatic rings. The second-order valence-electron chi connectivity index (χ2n) is 4.82. The first-order chi connectivity index (χ1) is 10.2. The van der Waals surface area contributed by atoms with Gasteiger partial charge in [-0.15, -0.1) is 0 Å². The van der Waals surface area contributed by atoms with E-state index in [9.17, 15) is 0 Å². The molecule has 0 saturated heterocycles. The molecule has 0 bridgehead atoms. The van der Waals surface area contributed by atoms with E-state index in [4.69, 9.17) is 10.7 Å². The molecule has 5 heteroatoms. The van der Waals surface area contributed by atoms with E-state index < -0.39 is 0 Å². The zero-order valence-electron chi connectivity index (χ0n) is 11.7. The largest absolute Gasteiger partial charge is 0.383 e. The van der Waals surface area contributed by atoms with E-state index in [-0.39, 0.29) is 0 Å². The van der Waals surface area contributed by atoms with Gasteiger partial charge in [0.05, 0.1) is 14.8 Å². The maximum atomic E-state index is 6.05. The molecule has 3 rings (SSSR count). The van der Waals surface area contributed by atoms with Crippen LogP contribution in [0.25, 0.3) is 22.3 Å². The summed E-state index contributed by atoms with van der Waals surface area (Å²) in [5.41, 5.74) is 8.89. The van der Waals surface area contributed by atoms with Crippen molar-refractivity contribution in [2.75, 3.05) is 5.73 Å². The second kappa shape index (κ2) is 5.93.